The van der Waals surface area contributed by atoms with E-state index in [4.69, 9.17) is 9.47 Å². The van der Waals surface area contributed by atoms with Gasteiger partial charge >= 0.3 is 0 Å². The zero-order valence-corrected chi connectivity index (χ0v) is 19.3. The Morgan fingerprint density at radius 2 is 1.77 bits per heavy atom. The molecule has 0 aliphatic carbocycles. The average Bonchev–Trinajstić information content (AvgIpc) is 2.77. The van der Waals surface area contributed by atoms with Crippen molar-refractivity contribution in [1.82, 2.24) is 10.9 Å². The van der Waals surface area contributed by atoms with Crippen molar-refractivity contribution < 1.29 is 19.1 Å². The molecule has 7 heteroatoms. The van der Waals surface area contributed by atoms with Crippen LogP contribution in [0.1, 0.15) is 61.9 Å². The number of carbonyl (C=O) groups excluding carboxylic acids is 2. The molecule has 0 aromatic heterocycles. The standard InChI is InChI=1S/C23H29BrN2O4/c1-4-6-13-29-21-12-9-18(14-20(21)24)23(28)26-25-22(27)15-30-19-10-7-17(8-11-19)16(3)5-2/h7-12,14,16H,4-6,13,15H2,1-3H3,(H,25,27)(H,26,28). The number of ether oxygens (including phenoxy) is 2. The lowest BCUT2D eigenvalue weighted by Crippen LogP contribution is -2.43. The first kappa shape index (κ1) is 23.7. The number of benzene rings is 2. The maximum atomic E-state index is 12.2. The smallest absolute Gasteiger partial charge is 0.276 e. The largest absolute Gasteiger partial charge is 0.492 e. The number of hydrazine groups is 1. The monoisotopic (exact) mass is 476 g/mol. The van der Waals surface area contributed by atoms with E-state index < -0.39 is 11.8 Å². The SMILES string of the molecule is CCCCOc1ccc(C(=O)NNC(=O)COc2ccc(C(C)CC)cc2)cc1Br. The van der Waals surface area contributed by atoms with Crippen LogP contribution in [-0.4, -0.2) is 25.0 Å². The second-order valence-corrected chi connectivity index (χ2v) is 7.87. The highest BCUT2D eigenvalue weighted by molar-refractivity contribution is 9.10. The second kappa shape index (κ2) is 12.2. The van der Waals surface area contributed by atoms with E-state index in [1.54, 1.807) is 18.2 Å². The molecule has 0 bridgehead atoms. The van der Waals surface area contributed by atoms with Crippen LogP contribution in [0.2, 0.25) is 0 Å². The van der Waals surface area contributed by atoms with Crippen molar-refractivity contribution in [3.8, 4) is 11.5 Å². The summed E-state index contributed by atoms with van der Waals surface area (Å²) >= 11 is 3.40. The van der Waals surface area contributed by atoms with Crippen molar-refractivity contribution in [3.63, 3.8) is 0 Å². The van der Waals surface area contributed by atoms with Gasteiger partial charge in [0.15, 0.2) is 6.61 Å². The van der Waals surface area contributed by atoms with E-state index >= 15 is 0 Å². The molecule has 162 valence electrons. The van der Waals surface area contributed by atoms with E-state index in [-0.39, 0.29) is 6.61 Å². The Balaban J connectivity index is 1.78. The molecule has 2 aromatic rings. The summed E-state index contributed by atoms with van der Waals surface area (Å²) in [5.74, 6) is 0.882. The lowest BCUT2D eigenvalue weighted by atomic mass is 9.99. The van der Waals surface area contributed by atoms with Gasteiger partial charge in [-0.05, 0) is 70.6 Å². The van der Waals surface area contributed by atoms with Gasteiger partial charge in [0.2, 0.25) is 0 Å². The molecule has 2 aromatic carbocycles. The molecule has 30 heavy (non-hydrogen) atoms. The molecule has 0 radical (unpaired) electrons. The van der Waals surface area contributed by atoms with Gasteiger partial charge in [-0.1, -0.05) is 39.3 Å². The molecular formula is C23H29BrN2O4. The third-order valence-corrected chi connectivity index (χ3v) is 5.32. The van der Waals surface area contributed by atoms with Crippen LogP contribution in [0.15, 0.2) is 46.9 Å². The summed E-state index contributed by atoms with van der Waals surface area (Å²) in [4.78, 5) is 24.2. The Morgan fingerprint density at radius 1 is 1.03 bits per heavy atom. The van der Waals surface area contributed by atoms with Gasteiger partial charge in [-0.3, -0.25) is 20.4 Å². The van der Waals surface area contributed by atoms with Crippen LogP contribution in [0.5, 0.6) is 11.5 Å². The fourth-order valence-corrected chi connectivity index (χ4v) is 3.09. The summed E-state index contributed by atoms with van der Waals surface area (Å²) in [6, 6.07) is 12.7. The highest BCUT2D eigenvalue weighted by Crippen LogP contribution is 2.26. The first-order valence-corrected chi connectivity index (χ1v) is 11.0. The van der Waals surface area contributed by atoms with Gasteiger partial charge in [0, 0.05) is 5.56 Å². The lowest BCUT2D eigenvalue weighted by Gasteiger charge is -2.12. The lowest BCUT2D eigenvalue weighted by molar-refractivity contribution is -0.123. The van der Waals surface area contributed by atoms with Crippen LogP contribution >= 0.6 is 15.9 Å². The van der Waals surface area contributed by atoms with Crippen molar-refractivity contribution in [1.29, 1.82) is 0 Å². The minimum atomic E-state index is -0.451. The summed E-state index contributed by atoms with van der Waals surface area (Å²) < 4.78 is 11.8. The minimum absolute atomic E-state index is 0.198. The Bertz CT molecular complexity index is 840. The number of rotatable bonds is 10. The Kier molecular flexibility index (Phi) is 9.67. The summed E-state index contributed by atoms with van der Waals surface area (Å²) in [6.07, 6.45) is 3.07. The zero-order chi connectivity index (χ0) is 21.9. The summed E-state index contributed by atoms with van der Waals surface area (Å²) in [5.41, 5.74) is 6.37. The maximum Gasteiger partial charge on any atom is 0.276 e. The maximum absolute atomic E-state index is 12.2. The Morgan fingerprint density at radius 3 is 2.40 bits per heavy atom. The third kappa shape index (κ3) is 7.37. The molecule has 2 N–H and O–H groups in total. The van der Waals surface area contributed by atoms with Crippen LogP contribution in [-0.2, 0) is 4.79 Å². The highest BCUT2D eigenvalue weighted by Gasteiger charge is 2.11. The molecule has 0 saturated carbocycles. The number of hydrogen-bond donors (Lipinski definition) is 2. The molecule has 6 nitrogen and oxygen atoms in total. The van der Waals surface area contributed by atoms with Crippen molar-refractivity contribution in [2.75, 3.05) is 13.2 Å². The van der Waals surface area contributed by atoms with Crippen molar-refractivity contribution in [3.05, 3.63) is 58.1 Å². The van der Waals surface area contributed by atoms with E-state index in [0.29, 0.717) is 34.1 Å². The van der Waals surface area contributed by atoms with E-state index in [2.05, 4.69) is 47.6 Å². The summed E-state index contributed by atoms with van der Waals surface area (Å²) in [5, 5.41) is 0. The van der Waals surface area contributed by atoms with Gasteiger partial charge < -0.3 is 9.47 Å². The molecule has 1 unspecified atom stereocenters. The van der Waals surface area contributed by atoms with Crippen LogP contribution in [0, 0.1) is 0 Å². The number of unbranched alkanes of at least 4 members (excludes halogenated alkanes) is 1. The number of nitrogens with one attached hydrogen (secondary N) is 2. The topological polar surface area (TPSA) is 76.7 Å². The van der Waals surface area contributed by atoms with Crippen molar-refractivity contribution >= 4 is 27.7 Å². The summed E-state index contributed by atoms with van der Waals surface area (Å²) in [6.45, 7) is 6.82. The van der Waals surface area contributed by atoms with E-state index in [0.717, 1.165) is 19.3 Å². The van der Waals surface area contributed by atoms with E-state index in [1.165, 1.54) is 5.56 Å². The minimum Gasteiger partial charge on any atom is -0.492 e. The molecule has 0 heterocycles. The molecule has 0 fully saturated rings. The molecule has 2 amide bonds. The van der Waals surface area contributed by atoms with Gasteiger partial charge in [0.25, 0.3) is 11.8 Å². The van der Waals surface area contributed by atoms with Crippen LogP contribution in [0.25, 0.3) is 0 Å². The molecule has 0 spiro atoms. The van der Waals surface area contributed by atoms with Gasteiger partial charge in [0.05, 0.1) is 11.1 Å². The Hall–Kier alpha value is -2.54. The molecule has 0 saturated heterocycles. The Labute approximate surface area is 186 Å². The average molecular weight is 477 g/mol. The number of carbonyl (C=O) groups is 2. The number of hydrogen-bond acceptors (Lipinski definition) is 4. The normalized spacial score (nSPS) is 11.5. The predicted molar refractivity (Wildman–Crippen MR) is 121 cm³/mol. The molecular weight excluding hydrogens is 448 g/mol. The predicted octanol–water partition coefficient (Wildman–Crippen LogP) is 4.98. The number of halogens is 1. The van der Waals surface area contributed by atoms with E-state index in [9.17, 15) is 9.59 Å². The quantitative estimate of drug-likeness (QED) is 0.374. The fraction of sp³-hybridized carbons (Fsp3) is 0.391. The highest BCUT2D eigenvalue weighted by atomic mass is 79.9. The van der Waals surface area contributed by atoms with Crippen LogP contribution in [0.3, 0.4) is 0 Å². The zero-order valence-electron chi connectivity index (χ0n) is 17.7. The van der Waals surface area contributed by atoms with Crippen molar-refractivity contribution in [2.24, 2.45) is 0 Å². The van der Waals surface area contributed by atoms with Gasteiger partial charge in [-0.2, -0.15) is 0 Å². The fourth-order valence-electron chi connectivity index (χ4n) is 2.60. The second-order valence-electron chi connectivity index (χ2n) is 7.02. The number of amides is 2. The van der Waals surface area contributed by atoms with Crippen LogP contribution < -0.4 is 20.3 Å². The molecule has 2 rings (SSSR count). The third-order valence-electron chi connectivity index (χ3n) is 4.70. The van der Waals surface area contributed by atoms with Crippen LogP contribution in [0.4, 0.5) is 0 Å². The van der Waals surface area contributed by atoms with Crippen molar-refractivity contribution in [2.45, 2.75) is 46.0 Å². The molecule has 0 aliphatic heterocycles. The van der Waals surface area contributed by atoms with E-state index in [1.807, 2.05) is 24.3 Å². The van der Waals surface area contributed by atoms with Gasteiger partial charge in [-0.15, -0.1) is 0 Å². The molecule has 0 aliphatic rings. The van der Waals surface area contributed by atoms with Gasteiger partial charge in [0.1, 0.15) is 11.5 Å². The van der Waals surface area contributed by atoms with Gasteiger partial charge in [-0.25, -0.2) is 0 Å². The molecule has 1 atom stereocenters. The summed E-state index contributed by atoms with van der Waals surface area (Å²) in [7, 11) is 0. The first-order valence-electron chi connectivity index (χ1n) is 10.2. The first-order chi connectivity index (χ1) is 14.4.